The summed E-state index contributed by atoms with van der Waals surface area (Å²) in [6.45, 7) is 4.73. The van der Waals surface area contributed by atoms with E-state index in [0.717, 1.165) is 52.1 Å². The van der Waals surface area contributed by atoms with Crippen molar-refractivity contribution in [1.29, 1.82) is 0 Å². The van der Waals surface area contributed by atoms with Crippen LogP contribution in [0.3, 0.4) is 0 Å². The molecule has 0 spiro atoms. The van der Waals surface area contributed by atoms with Gasteiger partial charge in [-0.1, -0.05) is 19.1 Å². The largest absolute Gasteiger partial charge is 0.369 e. The van der Waals surface area contributed by atoms with Gasteiger partial charge < -0.3 is 5.32 Å². The zero-order valence-corrected chi connectivity index (χ0v) is 15.9. The monoisotopic (exact) mass is 372 g/mol. The molecule has 0 atom stereocenters. The first-order chi connectivity index (χ1) is 13.7. The molecule has 5 heteroatoms. The number of aromatic nitrogens is 3. The molecule has 4 aromatic rings. The highest BCUT2D eigenvalue weighted by Gasteiger charge is 2.12. The van der Waals surface area contributed by atoms with Gasteiger partial charge in [0.1, 0.15) is 18.0 Å². The Hall–Kier alpha value is -3.34. The van der Waals surface area contributed by atoms with Crippen molar-refractivity contribution in [2.45, 2.75) is 20.3 Å². The van der Waals surface area contributed by atoms with E-state index in [2.05, 4.69) is 33.3 Å². The Kier molecular flexibility index (Phi) is 4.98. The van der Waals surface area contributed by atoms with E-state index < -0.39 is 0 Å². The predicted octanol–water partition coefficient (Wildman–Crippen LogP) is 5.63. The molecule has 4 rings (SSSR count). The van der Waals surface area contributed by atoms with Crippen LogP contribution in [0.15, 0.2) is 61.1 Å². The summed E-state index contributed by atoms with van der Waals surface area (Å²) in [4.78, 5) is 13.4. The summed E-state index contributed by atoms with van der Waals surface area (Å²) in [5, 5.41) is 4.34. The number of fused-ring (bicyclic) bond motifs is 1. The molecule has 4 nitrogen and oxygen atoms in total. The highest BCUT2D eigenvalue weighted by atomic mass is 19.1. The topological polar surface area (TPSA) is 50.7 Å². The summed E-state index contributed by atoms with van der Waals surface area (Å²) < 4.78 is 13.7. The number of anilines is 1. The average Bonchev–Trinajstić information content (AvgIpc) is 2.74. The number of hydrogen-bond donors (Lipinski definition) is 1. The first-order valence-electron chi connectivity index (χ1n) is 9.38. The van der Waals surface area contributed by atoms with Crippen LogP contribution in [-0.2, 0) is 0 Å². The van der Waals surface area contributed by atoms with Crippen molar-refractivity contribution in [2.24, 2.45) is 0 Å². The van der Waals surface area contributed by atoms with Crippen LogP contribution in [0.1, 0.15) is 18.9 Å². The molecule has 0 aliphatic rings. The van der Waals surface area contributed by atoms with Crippen molar-refractivity contribution in [3.05, 3.63) is 72.4 Å². The van der Waals surface area contributed by atoms with Gasteiger partial charge in [-0.25, -0.2) is 14.4 Å². The quantitative estimate of drug-likeness (QED) is 0.493. The molecule has 0 radical (unpaired) electrons. The van der Waals surface area contributed by atoms with Crippen LogP contribution in [0.4, 0.5) is 10.2 Å². The van der Waals surface area contributed by atoms with Crippen LogP contribution in [0.5, 0.6) is 0 Å². The maximum absolute atomic E-state index is 13.7. The van der Waals surface area contributed by atoms with Crippen LogP contribution in [-0.4, -0.2) is 21.5 Å². The van der Waals surface area contributed by atoms with E-state index in [1.165, 1.54) is 6.07 Å². The molecule has 0 aliphatic carbocycles. The van der Waals surface area contributed by atoms with Crippen molar-refractivity contribution < 1.29 is 4.39 Å². The Morgan fingerprint density at radius 1 is 0.964 bits per heavy atom. The van der Waals surface area contributed by atoms with Crippen LogP contribution in [0.2, 0.25) is 0 Å². The number of nitrogens with zero attached hydrogens (tertiary/aromatic N) is 3. The van der Waals surface area contributed by atoms with Crippen molar-refractivity contribution in [2.75, 3.05) is 11.9 Å². The predicted molar refractivity (Wildman–Crippen MR) is 112 cm³/mol. The van der Waals surface area contributed by atoms with Crippen molar-refractivity contribution in [3.8, 4) is 22.4 Å². The van der Waals surface area contributed by atoms with Gasteiger partial charge in [-0.2, -0.15) is 0 Å². The molecule has 0 fully saturated rings. The molecule has 2 heterocycles. The minimum absolute atomic E-state index is 0.212. The first kappa shape index (κ1) is 18.0. The molecule has 1 N–H and O–H groups in total. The molecule has 0 amide bonds. The van der Waals surface area contributed by atoms with Crippen molar-refractivity contribution in [1.82, 2.24) is 15.0 Å². The fraction of sp³-hybridized carbons (Fsp3) is 0.174. The van der Waals surface area contributed by atoms with E-state index in [9.17, 15) is 4.39 Å². The van der Waals surface area contributed by atoms with Gasteiger partial charge in [-0.3, -0.25) is 4.98 Å². The van der Waals surface area contributed by atoms with E-state index in [1.807, 2.05) is 30.3 Å². The Morgan fingerprint density at radius 2 is 1.82 bits per heavy atom. The SMILES string of the molecule is CCCNc1ncnc2ccc(-c3cccnc3-c3ccc(F)c(C)c3)cc12. The number of nitrogens with one attached hydrogen (secondary N) is 1. The second-order valence-electron chi connectivity index (χ2n) is 6.74. The average molecular weight is 372 g/mol. The summed E-state index contributed by atoms with van der Waals surface area (Å²) in [5.41, 5.74) is 5.22. The number of rotatable bonds is 5. The van der Waals surface area contributed by atoms with E-state index >= 15 is 0 Å². The van der Waals surface area contributed by atoms with Crippen LogP contribution in [0, 0.1) is 12.7 Å². The third kappa shape index (κ3) is 3.43. The molecule has 28 heavy (non-hydrogen) atoms. The lowest BCUT2D eigenvalue weighted by atomic mass is 9.97. The molecule has 0 saturated heterocycles. The number of halogens is 1. The Bertz CT molecular complexity index is 1140. The molecule has 0 aliphatic heterocycles. The second-order valence-corrected chi connectivity index (χ2v) is 6.74. The van der Waals surface area contributed by atoms with E-state index in [1.54, 1.807) is 25.5 Å². The number of aryl methyl sites for hydroxylation is 1. The number of hydrogen-bond acceptors (Lipinski definition) is 4. The minimum Gasteiger partial charge on any atom is -0.369 e. The van der Waals surface area contributed by atoms with Gasteiger partial charge >= 0.3 is 0 Å². The first-order valence-corrected chi connectivity index (χ1v) is 9.38. The summed E-state index contributed by atoms with van der Waals surface area (Å²) >= 11 is 0. The fourth-order valence-corrected chi connectivity index (χ4v) is 3.27. The molecule has 0 bridgehead atoms. The smallest absolute Gasteiger partial charge is 0.137 e. The van der Waals surface area contributed by atoms with Gasteiger partial charge in [0.2, 0.25) is 0 Å². The van der Waals surface area contributed by atoms with Crippen molar-refractivity contribution >= 4 is 16.7 Å². The lowest BCUT2D eigenvalue weighted by Crippen LogP contribution is -2.03. The lowest BCUT2D eigenvalue weighted by Gasteiger charge is -2.12. The molecule has 0 unspecified atom stereocenters. The summed E-state index contributed by atoms with van der Waals surface area (Å²) in [6, 6.07) is 15.2. The maximum Gasteiger partial charge on any atom is 0.137 e. The van der Waals surface area contributed by atoms with Crippen LogP contribution >= 0.6 is 0 Å². The molecular formula is C23H21FN4. The fourth-order valence-electron chi connectivity index (χ4n) is 3.27. The van der Waals surface area contributed by atoms with E-state index in [-0.39, 0.29) is 5.82 Å². The van der Waals surface area contributed by atoms with Gasteiger partial charge in [-0.05, 0) is 60.9 Å². The highest BCUT2D eigenvalue weighted by Crippen LogP contribution is 2.33. The number of pyridine rings is 1. The number of benzene rings is 2. The second kappa shape index (κ2) is 7.72. The van der Waals surface area contributed by atoms with E-state index in [0.29, 0.717) is 5.56 Å². The Morgan fingerprint density at radius 3 is 2.64 bits per heavy atom. The Balaban J connectivity index is 1.85. The van der Waals surface area contributed by atoms with Gasteiger partial charge in [0.15, 0.2) is 0 Å². The van der Waals surface area contributed by atoms with Gasteiger partial charge in [-0.15, -0.1) is 0 Å². The third-order valence-electron chi connectivity index (χ3n) is 4.73. The summed E-state index contributed by atoms with van der Waals surface area (Å²) in [5.74, 6) is 0.618. The van der Waals surface area contributed by atoms with Crippen LogP contribution in [0.25, 0.3) is 33.3 Å². The molecule has 2 aromatic heterocycles. The van der Waals surface area contributed by atoms with E-state index in [4.69, 9.17) is 0 Å². The van der Waals surface area contributed by atoms with Crippen molar-refractivity contribution in [3.63, 3.8) is 0 Å². The normalized spacial score (nSPS) is 11.0. The molecule has 0 saturated carbocycles. The zero-order chi connectivity index (χ0) is 19.5. The highest BCUT2D eigenvalue weighted by molar-refractivity contribution is 5.94. The summed E-state index contributed by atoms with van der Waals surface area (Å²) in [6.07, 6.45) is 4.36. The van der Waals surface area contributed by atoms with Gasteiger partial charge in [0.25, 0.3) is 0 Å². The van der Waals surface area contributed by atoms with Crippen LogP contribution < -0.4 is 5.32 Å². The molecular weight excluding hydrogens is 351 g/mol. The molecule has 140 valence electrons. The maximum atomic E-state index is 13.7. The van der Waals surface area contributed by atoms with Gasteiger partial charge in [0, 0.05) is 29.3 Å². The summed E-state index contributed by atoms with van der Waals surface area (Å²) in [7, 11) is 0. The minimum atomic E-state index is -0.212. The third-order valence-corrected chi connectivity index (χ3v) is 4.73. The standard InChI is InChI=1S/C23H21FN4/c1-3-10-26-23-19-13-16(7-9-21(19)27-14-28-23)18-5-4-11-25-22(18)17-6-8-20(24)15(2)12-17/h4-9,11-14H,3,10H2,1-2H3,(H,26,27,28). The Labute approximate surface area is 163 Å². The van der Waals surface area contributed by atoms with Gasteiger partial charge in [0.05, 0.1) is 11.2 Å². The lowest BCUT2D eigenvalue weighted by molar-refractivity contribution is 0.619. The molecule has 2 aromatic carbocycles. The zero-order valence-electron chi connectivity index (χ0n) is 15.9.